The molecule has 2 aromatic rings. The number of aldehydes is 1. The fourth-order valence-corrected chi connectivity index (χ4v) is 4.00. The van der Waals surface area contributed by atoms with Gasteiger partial charge in [0.15, 0.2) is 0 Å². The SMILES string of the molecule is COC(=O)NCC1CN(c2ccc(N3CCN(c4ccc(C=O)cc4)CC3)c(F)c2)C(=O)O1. The molecule has 2 fully saturated rings. The van der Waals surface area contributed by atoms with Crippen molar-refractivity contribution in [2.75, 3.05) is 61.1 Å². The largest absolute Gasteiger partial charge is 0.453 e. The number of carbonyl (C=O) groups excluding carboxylic acids is 3. The number of nitrogens with one attached hydrogen (secondary N) is 1. The standard InChI is InChI=1S/C23H25FN4O5/c1-32-22(30)25-13-19-14-28(23(31)33-19)18-6-7-21(20(24)12-18)27-10-8-26(9-11-27)17-4-2-16(15-29)3-5-17/h2-7,12,15,19H,8-11,13-14H2,1H3,(H,25,30). The van der Waals surface area contributed by atoms with E-state index in [1.165, 1.54) is 18.1 Å². The third-order valence-corrected chi connectivity index (χ3v) is 5.79. The van der Waals surface area contributed by atoms with Crippen LogP contribution in [0.4, 0.5) is 31.0 Å². The molecule has 0 saturated carbocycles. The third kappa shape index (κ3) is 5.00. The van der Waals surface area contributed by atoms with Crippen molar-refractivity contribution in [1.29, 1.82) is 0 Å². The van der Waals surface area contributed by atoms with Gasteiger partial charge in [-0.05, 0) is 42.5 Å². The van der Waals surface area contributed by atoms with E-state index >= 15 is 0 Å². The molecular weight excluding hydrogens is 431 g/mol. The minimum absolute atomic E-state index is 0.109. The van der Waals surface area contributed by atoms with E-state index in [-0.39, 0.29) is 13.1 Å². The molecule has 2 aliphatic rings. The van der Waals surface area contributed by atoms with Crippen molar-refractivity contribution in [3.63, 3.8) is 0 Å². The zero-order valence-corrected chi connectivity index (χ0v) is 18.2. The first-order valence-corrected chi connectivity index (χ1v) is 10.6. The van der Waals surface area contributed by atoms with Gasteiger partial charge in [-0.25, -0.2) is 14.0 Å². The molecule has 9 nitrogen and oxygen atoms in total. The van der Waals surface area contributed by atoms with Crippen molar-refractivity contribution < 1.29 is 28.2 Å². The summed E-state index contributed by atoms with van der Waals surface area (Å²) in [7, 11) is 1.25. The second-order valence-electron chi connectivity index (χ2n) is 7.81. The molecule has 10 heteroatoms. The molecule has 2 heterocycles. The van der Waals surface area contributed by atoms with Gasteiger partial charge in [-0.3, -0.25) is 9.69 Å². The molecule has 2 aliphatic heterocycles. The maximum atomic E-state index is 15.0. The second kappa shape index (κ2) is 9.76. The van der Waals surface area contributed by atoms with E-state index in [9.17, 15) is 18.8 Å². The zero-order valence-electron chi connectivity index (χ0n) is 18.2. The summed E-state index contributed by atoms with van der Waals surface area (Å²) >= 11 is 0. The fraction of sp³-hybridized carbons (Fsp3) is 0.348. The lowest BCUT2D eigenvalue weighted by molar-refractivity contribution is 0.112. The molecule has 0 spiro atoms. The van der Waals surface area contributed by atoms with Crippen LogP contribution in [0.2, 0.25) is 0 Å². The Hall–Kier alpha value is -3.82. The van der Waals surface area contributed by atoms with Crippen LogP contribution in [0.3, 0.4) is 0 Å². The van der Waals surface area contributed by atoms with Crippen molar-refractivity contribution in [2.45, 2.75) is 6.10 Å². The topological polar surface area (TPSA) is 91.4 Å². The summed E-state index contributed by atoms with van der Waals surface area (Å²) in [5, 5.41) is 2.49. The Morgan fingerprint density at radius 3 is 2.42 bits per heavy atom. The summed E-state index contributed by atoms with van der Waals surface area (Å²) in [6.45, 7) is 3.02. The van der Waals surface area contributed by atoms with Gasteiger partial charge in [-0.15, -0.1) is 0 Å². The highest BCUT2D eigenvalue weighted by Gasteiger charge is 2.33. The first-order valence-electron chi connectivity index (χ1n) is 10.6. The predicted molar refractivity (Wildman–Crippen MR) is 121 cm³/mol. The lowest BCUT2D eigenvalue weighted by atomic mass is 10.1. The fourth-order valence-electron chi connectivity index (χ4n) is 4.00. The number of amides is 2. The second-order valence-corrected chi connectivity index (χ2v) is 7.81. The lowest BCUT2D eigenvalue weighted by Crippen LogP contribution is -2.46. The van der Waals surface area contributed by atoms with Crippen LogP contribution < -0.4 is 20.0 Å². The van der Waals surface area contributed by atoms with Gasteiger partial charge < -0.3 is 24.6 Å². The molecule has 2 amide bonds. The van der Waals surface area contributed by atoms with E-state index in [4.69, 9.17) is 4.74 Å². The van der Waals surface area contributed by atoms with Crippen molar-refractivity contribution in [3.05, 3.63) is 53.8 Å². The molecule has 1 N–H and O–H groups in total. The third-order valence-electron chi connectivity index (χ3n) is 5.79. The number of cyclic esters (lactones) is 1. The number of methoxy groups -OCH3 is 1. The minimum atomic E-state index is -0.613. The average Bonchev–Trinajstić information content (AvgIpc) is 3.23. The Bertz CT molecular complexity index is 1020. The quantitative estimate of drug-likeness (QED) is 0.669. The van der Waals surface area contributed by atoms with Crippen LogP contribution in [0, 0.1) is 5.82 Å². The molecule has 0 aliphatic carbocycles. The molecule has 4 rings (SSSR count). The highest BCUT2D eigenvalue weighted by atomic mass is 19.1. The molecule has 1 unspecified atom stereocenters. The Labute approximate surface area is 190 Å². The van der Waals surface area contributed by atoms with Gasteiger partial charge in [-0.2, -0.15) is 0 Å². The number of ether oxygens (including phenoxy) is 2. The van der Waals surface area contributed by atoms with Crippen LogP contribution in [0.1, 0.15) is 10.4 Å². The number of carbonyl (C=O) groups is 3. The van der Waals surface area contributed by atoms with Gasteiger partial charge in [0.2, 0.25) is 0 Å². The molecule has 2 saturated heterocycles. The maximum absolute atomic E-state index is 15.0. The number of piperazine rings is 1. The summed E-state index contributed by atoms with van der Waals surface area (Å²) in [5.74, 6) is -0.416. The van der Waals surface area contributed by atoms with E-state index in [0.717, 1.165) is 25.1 Å². The molecule has 174 valence electrons. The van der Waals surface area contributed by atoms with Crippen LogP contribution in [0.15, 0.2) is 42.5 Å². The van der Waals surface area contributed by atoms with Crippen LogP contribution >= 0.6 is 0 Å². The number of hydrogen-bond donors (Lipinski definition) is 1. The number of anilines is 3. The average molecular weight is 456 g/mol. The van der Waals surface area contributed by atoms with E-state index in [1.807, 2.05) is 17.0 Å². The van der Waals surface area contributed by atoms with Crippen LogP contribution in [-0.2, 0) is 9.47 Å². The van der Waals surface area contributed by atoms with E-state index in [1.54, 1.807) is 24.3 Å². The smallest absolute Gasteiger partial charge is 0.414 e. The number of hydrogen-bond acceptors (Lipinski definition) is 7. The van der Waals surface area contributed by atoms with E-state index < -0.39 is 24.1 Å². The predicted octanol–water partition coefficient (Wildman–Crippen LogP) is 2.65. The van der Waals surface area contributed by atoms with Crippen LogP contribution in [0.25, 0.3) is 0 Å². The zero-order chi connectivity index (χ0) is 23.4. The number of nitrogens with zero attached hydrogens (tertiary/aromatic N) is 3. The molecule has 1 atom stereocenters. The molecule has 0 radical (unpaired) electrons. The van der Waals surface area contributed by atoms with Gasteiger partial charge in [0, 0.05) is 37.4 Å². The first kappa shape index (κ1) is 22.4. The highest BCUT2D eigenvalue weighted by Crippen LogP contribution is 2.29. The van der Waals surface area contributed by atoms with Gasteiger partial charge in [0.05, 0.1) is 31.6 Å². The van der Waals surface area contributed by atoms with Gasteiger partial charge >= 0.3 is 12.2 Å². The summed E-state index contributed by atoms with van der Waals surface area (Å²) < 4.78 is 24.7. The molecule has 0 bridgehead atoms. The number of halogens is 1. The van der Waals surface area contributed by atoms with Gasteiger partial charge in [0.1, 0.15) is 18.2 Å². The lowest BCUT2D eigenvalue weighted by Gasteiger charge is -2.37. The minimum Gasteiger partial charge on any atom is -0.453 e. The summed E-state index contributed by atoms with van der Waals surface area (Å²) in [4.78, 5) is 39.8. The summed E-state index contributed by atoms with van der Waals surface area (Å²) in [6, 6.07) is 12.1. The van der Waals surface area contributed by atoms with Crippen molar-refractivity contribution in [2.24, 2.45) is 0 Å². The summed E-state index contributed by atoms with van der Waals surface area (Å²) in [5.41, 5.74) is 2.54. The Kier molecular flexibility index (Phi) is 6.62. The number of benzene rings is 2. The van der Waals surface area contributed by atoms with Gasteiger partial charge in [0.25, 0.3) is 0 Å². The van der Waals surface area contributed by atoms with Crippen LogP contribution in [-0.4, -0.2) is 71.0 Å². The number of rotatable bonds is 6. The van der Waals surface area contributed by atoms with E-state index in [2.05, 4.69) is 15.0 Å². The molecule has 2 aromatic carbocycles. The maximum Gasteiger partial charge on any atom is 0.414 e. The molecular formula is C23H25FN4O5. The first-order chi connectivity index (χ1) is 16.0. The number of alkyl carbamates (subject to hydrolysis) is 1. The van der Waals surface area contributed by atoms with Crippen LogP contribution in [0.5, 0.6) is 0 Å². The van der Waals surface area contributed by atoms with Crippen molar-refractivity contribution >= 4 is 35.5 Å². The van der Waals surface area contributed by atoms with E-state index in [0.29, 0.717) is 30.0 Å². The normalized spacial score (nSPS) is 18.2. The monoisotopic (exact) mass is 456 g/mol. The van der Waals surface area contributed by atoms with Gasteiger partial charge in [-0.1, -0.05) is 0 Å². The Balaban J connectivity index is 1.36. The van der Waals surface area contributed by atoms with Crippen molar-refractivity contribution in [3.8, 4) is 0 Å². The summed E-state index contributed by atoms with van der Waals surface area (Å²) in [6.07, 6.45) is -0.936. The van der Waals surface area contributed by atoms with Crippen molar-refractivity contribution in [1.82, 2.24) is 5.32 Å². The highest BCUT2D eigenvalue weighted by molar-refractivity contribution is 5.90. The Morgan fingerprint density at radius 2 is 1.79 bits per heavy atom. The molecule has 0 aromatic heterocycles. The molecule has 33 heavy (non-hydrogen) atoms. The Morgan fingerprint density at radius 1 is 1.12 bits per heavy atom.